The predicted molar refractivity (Wildman–Crippen MR) is 69.0 cm³/mol. The molecule has 0 bridgehead atoms. The predicted octanol–water partition coefficient (Wildman–Crippen LogP) is 0.711. The molecule has 2 amide bonds. The van der Waals surface area contributed by atoms with E-state index >= 15 is 0 Å². The van der Waals surface area contributed by atoms with Crippen LogP contribution in [-0.4, -0.2) is 33.2 Å². The maximum atomic E-state index is 10.9. The van der Waals surface area contributed by atoms with Crippen LogP contribution in [0.2, 0.25) is 0 Å². The van der Waals surface area contributed by atoms with Crippen LogP contribution in [0.1, 0.15) is 16.2 Å². The number of benzene rings is 1. The van der Waals surface area contributed by atoms with Gasteiger partial charge in [-0.15, -0.1) is 0 Å². The number of carbonyl (C=O) groups is 2. The summed E-state index contributed by atoms with van der Waals surface area (Å²) in [6.07, 6.45) is 0. The number of nitrogens with zero attached hydrogens (tertiary/aromatic N) is 2. The molecule has 0 aliphatic carbocycles. The number of nitrogens with two attached hydrogens (primary N) is 1. The average Bonchev–Trinajstić information content (AvgIpc) is 2.64. The van der Waals surface area contributed by atoms with E-state index in [1.54, 1.807) is 6.07 Å². The molecule has 0 aliphatic heterocycles. The zero-order chi connectivity index (χ0) is 14.0. The summed E-state index contributed by atoms with van der Waals surface area (Å²) >= 11 is 0. The topological polar surface area (TPSA) is 110 Å². The lowest BCUT2D eigenvalue weighted by Crippen LogP contribution is -2.32. The van der Waals surface area contributed by atoms with E-state index in [2.05, 4.69) is 10.3 Å². The van der Waals surface area contributed by atoms with Gasteiger partial charge < -0.3 is 20.7 Å². The van der Waals surface area contributed by atoms with Gasteiger partial charge in [-0.05, 0) is 25.1 Å². The largest absolute Gasteiger partial charge is 0.478 e. The number of hydrogen-bond donors (Lipinski definition) is 3. The Labute approximate surface area is 109 Å². The third-order valence-corrected chi connectivity index (χ3v) is 2.82. The molecule has 7 heteroatoms. The maximum Gasteiger partial charge on any atom is 0.335 e. The normalized spacial score (nSPS) is 10.6. The summed E-state index contributed by atoms with van der Waals surface area (Å²) in [5.74, 6) is -0.228. The van der Waals surface area contributed by atoms with Gasteiger partial charge in [0.1, 0.15) is 5.82 Å². The first-order valence-electron chi connectivity index (χ1n) is 5.72. The molecule has 0 spiro atoms. The molecule has 0 saturated carbocycles. The second-order valence-corrected chi connectivity index (χ2v) is 4.11. The molecule has 0 radical (unpaired) electrons. The number of aromatic nitrogens is 2. The van der Waals surface area contributed by atoms with Crippen molar-refractivity contribution < 1.29 is 14.7 Å². The van der Waals surface area contributed by atoms with Gasteiger partial charge >= 0.3 is 12.0 Å². The molecular formula is C12H14N4O3. The number of nitrogens with one attached hydrogen (secondary N) is 1. The first kappa shape index (κ1) is 12.9. The molecule has 100 valence electrons. The number of carboxylic acid groups (broad SMARTS) is 1. The van der Waals surface area contributed by atoms with E-state index in [0.29, 0.717) is 18.6 Å². The van der Waals surface area contributed by atoms with Crippen molar-refractivity contribution in [1.82, 2.24) is 14.9 Å². The van der Waals surface area contributed by atoms with Crippen molar-refractivity contribution >= 4 is 23.0 Å². The fraction of sp³-hybridized carbons (Fsp3) is 0.250. The number of carbonyl (C=O) groups excluding carboxylic acids is 1. The highest BCUT2D eigenvalue weighted by atomic mass is 16.4. The van der Waals surface area contributed by atoms with Crippen LogP contribution in [0.15, 0.2) is 18.2 Å². The fourth-order valence-electron chi connectivity index (χ4n) is 1.96. The number of aromatic carboxylic acids is 1. The van der Waals surface area contributed by atoms with E-state index < -0.39 is 12.0 Å². The van der Waals surface area contributed by atoms with Crippen LogP contribution >= 0.6 is 0 Å². The number of primary amides is 1. The van der Waals surface area contributed by atoms with Crippen LogP contribution in [0.3, 0.4) is 0 Å². The second-order valence-electron chi connectivity index (χ2n) is 4.11. The highest BCUT2D eigenvalue weighted by molar-refractivity contribution is 5.92. The summed E-state index contributed by atoms with van der Waals surface area (Å²) in [4.78, 5) is 25.8. The lowest BCUT2D eigenvalue weighted by atomic mass is 10.2. The van der Waals surface area contributed by atoms with Crippen molar-refractivity contribution in [3.8, 4) is 0 Å². The first-order valence-corrected chi connectivity index (χ1v) is 5.72. The van der Waals surface area contributed by atoms with E-state index in [-0.39, 0.29) is 5.56 Å². The van der Waals surface area contributed by atoms with Crippen molar-refractivity contribution in [2.24, 2.45) is 5.73 Å². The molecule has 4 N–H and O–H groups in total. The summed E-state index contributed by atoms with van der Waals surface area (Å²) in [6.45, 7) is 2.74. The number of carboxylic acids is 1. The molecule has 0 aliphatic rings. The summed E-state index contributed by atoms with van der Waals surface area (Å²) in [6, 6.07) is 4.20. The summed E-state index contributed by atoms with van der Waals surface area (Å²) in [5, 5.41) is 11.4. The minimum absolute atomic E-state index is 0.201. The maximum absolute atomic E-state index is 10.9. The van der Waals surface area contributed by atoms with Crippen molar-refractivity contribution in [2.45, 2.75) is 13.5 Å². The molecule has 0 unspecified atom stereocenters. The Morgan fingerprint density at radius 2 is 2.21 bits per heavy atom. The van der Waals surface area contributed by atoms with E-state index in [4.69, 9.17) is 10.8 Å². The number of amides is 2. The Hall–Kier alpha value is -2.57. The third kappa shape index (κ3) is 2.65. The van der Waals surface area contributed by atoms with Crippen LogP contribution in [0.4, 0.5) is 4.79 Å². The van der Waals surface area contributed by atoms with Gasteiger partial charge in [0.05, 0.1) is 16.6 Å². The fourth-order valence-corrected chi connectivity index (χ4v) is 1.96. The van der Waals surface area contributed by atoms with Gasteiger partial charge in [0, 0.05) is 13.1 Å². The number of fused-ring (bicyclic) bond motifs is 1. The molecule has 1 aromatic heterocycles. The van der Waals surface area contributed by atoms with Gasteiger partial charge in [0.25, 0.3) is 0 Å². The van der Waals surface area contributed by atoms with Crippen molar-refractivity contribution in [3.05, 3.63) is 29.6 Å². The Kier molecular flexibility index (Phi) is 3.37. The standard InChI is InChI=1S/C12H14N4O3/c1-7-15-9-6-8(11(17)18)2-3-10(9)16(7)5-4-14-12(13)19/h2-3,6H,4-5H2,1H3,(H,17,18)(H3,13,14,19). The SMILES string of the molecule is Cc1nc2cc(C(=O)O)ccc2n1CCNC(N)=O. The number of rotatable bonds is 4. The number of hydrogen-bond acceptors (Lipinski definition) is 3. The molecule has 7 nitrogen and oxygen atoms in total. The summed E-state index contributed by atoms with van der Waals surface area (Å²) in [5.41, 5.74) is 6.65. The Bertz CT molecular complexity index is 648. The Morgan fingerprint density at radius 1 is 1.47 bits per heavy atom. The minimum atomic E-state index is -0.982. The summed E-state index contributed by atoms with van der Waals surface area (Å²) < 4.78 is 1.90. The second kappa shape index (κ2) is 4.97. The molecule has 0 fully saturated rings. The van der Waals surface area contributed by atoms with Crippen LogP contribution in [0.25, 0.3) is 11.0 Å². The smallest absolute Gasteiger partial charge is 0.335 e. The highest BCUT2D eigenvalue weighted by Gasteiger charge is 2.10. The number of aryl methyl sites for hydroxylation is 1. The average molecular weight is 262 g/mol. The van der Waals surface area contributed by atoms with Crippen LogP contribution in [-0.2, 0) is 6.54 Å². The van der Waals surface area contributed by atoms with Crippen LogP contribution < -0.4 is 11.1 Å². The molecule has 19 heavy (non-hydrogen) atoms. The quantitative estimate of drug-likeness (QED) is 0.753. The first-order chi connectivity index (χ1) is 8.99. The third-order valence-electron chi connectivity index (χ3n) is 2.82. The molecule has 2 rings (SSSR count). The van der Waals surface area contributed by atoms with E-state index in [0.717, 1.165) is 11.3 Å². The van der Waals surface area contributed by atoms with Gasteiger partial charge in [0.2, 0.25) is 0 Å². The molecule has 1 aromatic carbocycles. The zero-order valence-electron chi connectivity index (χ0n) is 10.4. The van der Waals surface area contributed by atoms with E-state index in [9.17, 15) is 9.59 Å². The van der Waals surface area contributed by atoms with Crippen molar-refractivity contribution in [3.63, 3.8) is 0 Å². The lowest BCUT2D eigenvalue weighted by Gasteiger charge is -2.07. The van der Waals surface area contributed by atoms with Crippen molar-refractivity contribution in [1.29, 1.82) is 0 Å². The molecule has 0 saturated heterocycles. The van der Waals surface area contributed by atoms with Gasteiger partial charge in [-0.2, -0.15) is 0 Å². The minimum Gasteiger partial charge on any atom is -0.478 e. The number of urea groups is 1. The van der Waals surface area contributed by atoms with Gasteiger partial charge in [-0.3, -0.25) is 0 Å². The Morgan fingerprint density at radius 3 is 2.84 bits per heavy atom. The zero-order valence-corrected chi connectivity index (χ0v) is 10.4. The highest BCUT2D eigenvalue weighted by Crippen LogP contribution is 2.17. The molecule has 2 aromatic rings. The lowest BCUT2D eigenvalue weighted by molar-refractivity contribution is 0.0697. The summed E-state index contributed by atoms with van der Waals surface area (Å²) in [7, 11) is 0. The van der Waals surface area contributed by atoms with E-state index in [1.165, 1.54) is 12.1 Å². The van der Waals surface area contributed by atoms with Crippen molar-refractivity contribution in [2.75, 3.05) is 6.54 Å². The van der Waals surface area contributed by atoms with Gasteiger partial charge in [-0.25, -0.2) is 14.6 Å². The van der Waals surface area contributed by atoms with Crippen LogP contribution in [0, 0.1) is 6.92 Å². The Balaban J connectivity index is 2.31. The molecule has 0 atom stereocenters. The number of imidazole rings is 1. The molecular weight excluding hydrogens is 248 g/mol. The van der Waals surface area contributed by atoms with Gasteiger partial charge in [-0.1, -0.05) is 0 Å². The van der Waals surface area contributed by atoms with E-state index in [1.807, 2.05) is 11.5 Å². The van der Waals surface area contributed by atoms with Gasteiger partial charge in [0.15, 0.2) is 0 Å². The van der Waals surface area contributed by atoms with Crippen LogP contribution in [0.5, 0.6) is 0 Å². The molecule has 1 heterocycles. The monoisotopic (exact) mass is 262 g/mol.